The summed E-state index contributed by atoms with van der Waals surface area (Å²) in [5.41, 5.74) is 7.70. The maximum atomic E-state index is 12.6. The van der Waals surface area contributed by atoms with Gasteiger partial charge in [0.25, 0.3) is 5.91 Å². The van der Waals surface area contributed by atoms with Crippen LogP contribution in [0.2, 0.25) is 0 Å². The number of carbonyl (C=O) groups is 2. The minimum atomic E-state index is -0.817. The summed E-state index contributed by atoms with van der Waals surface area (Å²) >= 11 is 0. The highest BCUT2D eigenvalue weighted by atomic mass is 19.1. The Morgan fingerprint density at radius 3 is 2.75 bits per heavy atom. The minimum Gasteiger partial charge on any atom is -0.367 e. The Morgan fingerprint density at radius 2 is 2.25 bits per heavy atom. The number of nitrogens with two attached hydrogens (primary N) is 1. The number of hydrogen-bond donors (Lipinski definition) is 2. The highest BCUT2D eigenvalue weighted by Gasteiger charge is 2.41. The average molecular weight is 231 g/mol. The molecule has 0 aromatic rings. The number of hydrazine groups is 1. The number of nitrogens with one attached hydrogen (secondary N) is 1. The standard InChI is InChI=1S/C8H14FN5O2/c1-12-7(6(10)15)14(11-8(12)16)4-13-2-5(9)3-13/h5,7H,2-4H2,1H3,(H2,10,15)(H,11,16). The Morgan fingerprint density at radius 1 is 1.62 bits per heavy atom. The summed E-state index contributed by atoms with van der Waals surface area (Å²) in [4.78, 5) is 25.5. The van der Waals surface area contributed by atoms with E-state index in [4.69, 9.17) is 5.73 Å². The van der Waals surface area contributed by atoms with Crippen molar-refractivity contribution in [1.82, 2.24) is 20.2 Å². The van der Waals surface area contributed by atoms with Gasteiger partial charge < -0.3 is 10.6 Å². The van der Waals surface area contributed by atoms with Crippen LogP contribution >= 0.6 is 0 Å². The van der Waals surface area contributed by atoms with Gasteiger partial charge in [0.2, 0.25) is 0 Å². The van der Waals surface area contributed by atoms with Gasteiger partial charge in [0.1, 0.15) is 6.17 Å². The third kappa shape index (κ3) is 1.81. The summed E-state index contributed by atoms with van der Waals surface area (Å²) in [6.07, 6.45) is -1.63. The first-order valence-corrected chi connectivity index (χ1v) is 4.95. The number of likely N-dealkylation sites (tertiary alicyclic amines) is 1. The van der Waals surface area contributed by atoms with E-state index in [0.29, 0.717) is 19.8 Å². The van der Waals surface area contributed by atoms with Crippen molar-refractivity contribution in [3.05, 3.63) is 0 Å². The van der Waals surface area contributed by atoms with E-state index in [-0.39, 0.29) is 6.03 Å². The first-order chi connectivity index (χ1) is 7.49. The van der Waals surface area contributed by atoms with E-state index >= 15 is 0 Å². The van der Waals surface area contributed by atoms with Crippen LogP contribution in [0.25, 0.3) is 0 Å². The first kappa shape index (κ1) is 11.1. The zero-order chi connectivity index (χ0) is 11.9. The smallest absolute Gasteiger partial charge is 0.333 e. The molecule has 1 atom stereocenters. The Labute approximate surface area is 91.9 Å². The van der Waals surface area contributed by atoms with Gasteiger partial charge in [-0.25, -0.2) is 9.18 Å². The average Bonchev–Trinajstić information content (AvgIpc) is 2.40. The lowest BCUT2D eigenvalue weighted by Gasteiger charge is -2.37. The van der Waals surface area contributed by atoms with Crippen LogP contribution in [-0.2, 0) is 4.79 Å². The molecule has 2 aliphatic rings. The van der Waals surface area contributed by atoms with Crippen LogP contribution in [-0.4, -0.2) is 65.9 Å². The predicted octanol–water partition coefficient (Wildman–Crippen LogP) is -1.72. The molecule has 2 saturated heterocycles. The van der Waals surface area contributed by atoms with E-state index in [1.54, 1.807) is 4.90 Å². The number of carbonyl (C=O) groups excluding carboxylic acids is 2. The van der Waals surface area contributed by atoms with E-state index in [1.807, 2.05) is 0 Å². The van der Waals surface area contributed by atoms with Crippen molar-refractivity contribution in [2.75, 3.05) is 26.8 Å². The Bertz CT molecular complexity index is 320. The van der Waals surface area contributed by atoms with Crippen LogP contribution in [0.5, 0.6) is 0 Å². The molecule has 2 heterocycles. The molecule has 0 bridgehead atoms. The summed E-state index contributed by atoms with van der Waals surface area (Å²) < 4.78 is 12.6. The molecule has 2 fully saturated rings. The Kier molecular flexibility index (Phi) is 2.68. The maximum absolute atomic E-state index is 12.6. The third-order valence-electron chi connectivity index (χ3n) is 2.74. The monoisotopic (exact) mass is 231 g/mol. The number of amides is 3. The molecule has 2 aliphatic heterocycles. The molecule has 3 N–H and O–H groups in total. The van der Waals surface area contributed by atoms with Crippen LogP contribution in [0.15, 0.2) is 0 Å². The molecule has 1 unspecified atom stereocenters. The van der Waals surface area contributed by atoms with Crippen molar-refractivity contribution >= 4 is 11.9 Å². The van der Waals surface area contributed by atoms with Crippen LogP contribution in [0.4, 0.5) is 9.18 Å². The summed E-state index contributed by atoms with van der Waals surface area (Å²) in [6, 6.07) is -0.388. The van der Waals surface area contributed by atoms with Crippen LogP contribution in [0.1, 0.15) is 0 Å². The van der Waals surface area contributed by atoms with Crippen LogP contribution < -0.4 is 11.2 Å². The fraction of sp³-hybridized carbons (Fsp3) is 0.750. The Balaban J connectivity index is 1.97. The largest absolute Gasteiger partial charge is 0.367 e. The number of urea groups is 1. The van der Waals surface area contributed by atoms with Crippen molar-refractivity contribution in [2.45, 2.75) is 12.3 Å². The van der Waals surface area contributed by atoms with Crippen molar-refractivity contribution in [3.63, 3.8) is 0 Å². The molecule has 0 spiro atoms. The van der Waals surface area contributed by atoms with Gasteiger partial charge in [0.05, 0.1) is 6.67 Å². The Hall–Kier alpha value is -1.41. The lowest BCUT2D eigenvalue weighted by Crippen LogP contribution is -2.58. The van der Waals surface area contributed by atoms with Crippen molar-refractivity contribution in [1.29, 1.82) is 0 Å². The molecule has 8 heteroatoms. The van der Waals surface area contributed by atoms with Gasteiger partial charge in [-0.15, -0.1) is 0 Å². The summed E-state index contributed by atoms with van der Waals surface area (Å²) in [7, 11) is 1.48. The lowest BCUT2D eigenvalue weighted by molar-refractivity contribution is -0.128. The van der Waals surface area contributed by atoms with E-state index in [1.165, 1.54) is 17.0 Å². The van der Waals surface area contributed by atoms with Gasteiger partial charge in [-0.1, -0.05) is 0 Å². The molecule has 0 aliphatic carbocycles. The van der Waals surface area contributed by atoms with E-state index in [0.717, 1.165) is 0 Å². The van der Waals surface area contributed by atoms with Crippen molar-refractivity contribution in [3.8, 4) is 0 Å². The normalized spacial score (nSPS) is 28.0. The second-order valence-corrected chi connectivity index (χ2v) is 4.05. The first-order valence-electron chi connectivity index (χ1n) is 4.95. The van der Waals surface area contributed by atoms with Gasteiger partial charge >= 0.3 is 6.03 Å². The molecule has 0 radical (unpaired) electrons. The molecule has 0 saturated carbocycles. The molecule has 0 aromatic carbocycles. The minimum absolute atomic E-state index is 0.296. The molecule has 90 valence electrons. The van der Waals surface area contributed by atoms with Gasteiger partial charge in [0, 0.05) is 20.1 Å². The molecular weight excluding hydrogens is 217 g/mol. The number of hydrogen-bond acceptors (Lipinski definition) is 4. The molecule has 0 aromatic heterocycles. The highest BCUT2D eigenvalue weighted by Crippen LogP contribution is 2.15. The number of halogens is 1. The number of alkyl halides is 1. The second-order valence-electron chi connectivity index (χ2n) is 4.05. The molecule has 2 rings (SSSR count). The second kappa shape index (κ2) is 3.87. The fourth-order valence-electron chi connectivity index (χ4n) is 1.88. The van der Waals surface area contributed by atoms with Gasteiger partial charge in [-0.2, -0.15) is 5.01 Å². The lowest BCUT2D eigenvalue weighted by atomic mass is 10.2. The molecule has 16 heavy (non-hydrogen) atoms. The van der Waals surface area contributed by atoms with E-state index in [9.17, 15) is 14.0 Å². The summed E-state index contributed by atoms with van der Waals surface area (Å²) in [6.45, 7) is 0.938. The van der Waals surface area contributed by atoms with Crippen molar-refractivity contribution in [2.24, 2.45) is 5.73 Å². The highest BCUT2D eigenvalue weighted by molar-refractivity contribution is 5.87. The molecule has 7 nitrogen and oxygen atoms in total. The summed E-state index contributed by atoms with van der Waals surface area (Å²) in [5, 5.41) is 1.41. The number of likely N-dealkylation sites (N-methyl/N-ethyl adjacent to an activating group) is 1. The fourth-order valence-corrected chi connectivity index (χ4v) is 1.88. The SMILES string of the molecule is CN1C(=O)NN(CN2CC(F)C2)C1C(N)=O. The number of rotatable bonds is 3. The zero-order valence-corrected chi connectivity index (χ0v) is 8.89. The number of primary amides is 1. The van der Waals surface area contributed by atoms with Gasteiger partial charge in [-0.05, 0) is 0 Å². The molecular formula is C8H14FN5O2. The van der Waals surface area contributed by atoms with Crippen LogP contribution in [0.3, 0.4) is 0 Å². The van der Waals surface area contributed by atoms with Crippen LogP contribution in [0, 0.1) is 0 Å². The topological polar surface area (TPSA) is 81.9 Å². The molecule has 3 amide bonds. The predicted molar refractivity (Wildman–Crippen MR) is 52.5 cm³/mol. The quantitative estimate of drug-likeness (QED) is 0.605. The summed E-state index contributed by atoms with van der Waals surface area (Å²) in [5.74, 6) is -0.613. The third-order valence-corrected chi connectivity index (χ3v) is 2.74. The van der Waals surface area contributed by atoms with E-state index < -0.39 is 18.2 Å². The van der Waals surface area contributed by atoms with E-state index in [2.05, 4.69) is 5.43 Å². The van der Waals surface area contributed by atoms with Crippen molar-refractivity contribution < 1.29 is 14.0 Å². The number of nitrogens with zero attached hydrogens (tertiary/aromatic N) is 3. The van der Waals surface area contributed by atoms with Gasteiger partial charge in [-0.3, -0.25) is 15.1 Å². The zero-order valence-electron chi connectivity index (χ0n) is 8.89. The maximum Gasteiger partial charge on any atom is 0.333 e. The van der Waals surface area contributed by atoms with Gasteiger partial charge in [0.15, 0.2) is 6.17 Å².